The molecule has 14 heteroatoms. The third kappa shape index (κ3) is 25.2. The lowest BCUT2D eigenvalue weighted by molar-refractivity contribution is -0.161. The highest BCUT2D eigenvalue weighted by molar-refractivity contribution is 7.47. The van der Waals surface area contributed by atoms with E-state index in [1.165, 1.54) is 74.0 Å². The fourth-order valence-electron chi connectivity index (χ4n) is 8.10. The molecule has 0 aromatic carbocycles. The number of aliphatic hydroxyl groups is 3. The molecule has 1 aliphatic rings. The van der Waals surface area contributed by atoms with Crippen LogP contribution >= 0.6 is 7.82 Å². The summed E-state index contributed by atoms with van der Waals surface area (Å²) in [6, 6.07) is 0. The summed E-state index contributed by atoms with van der Waals surface area (Å²) in [5.41, 5.74) is 8.03. The molecule has 7 atom stereocenters. The van der Waals surface area contributed by atoms with E-state index in [4.69, 9.17) is 28.7 Å². The summed E-state index contributed by atoms with van der Waals surface area (Å²) in [4.78, 5) is 35.3. The molecule has 364 valence electrons. The van der Waals surface area contributed by atoms with Crippen molar-refractivity contribution in [2.75, 3.05) is 26.4 Å². The highest BCUT2D eigenvalue weighted by atomic mass is 31.2. The van der Waals surface area contributed by atoms with Gasteiger partial charge in [-0.15, -0.1) is 0 Å². The summed E-state index contributed by atoms with van der Waals surface area (Å²) in [5, 5.41) is 31.4. The summed E-state index contributed by atoms with van der Waals surface area (Å²) in [7, 11) is -4.46. The quantitative estimate of drug-likeness (QED) is 0.0181. The number of nitrogens with two attached hydrogens (primary N) is 1. The maximum Gasteiger partial charge on any atom is 0.472 e. The van der Waals surface area contributed by atoms with E-state index in [2.05, 4.69) is 27.7 Å². The van der Waals surface area contributed by atoms with Crippen molar-refractivity contribution in [1.82, 2.24) is 0 Å². The lowest BCUT2D eigenvalue weighted by Crippen LogP contribution is -2.29. The Morgan fingerprint density at radius 2 is 1.37 bits per heavy atom. The first-order valence-electron chi connectivity index (χ1n) is 24.4. The van der Waals surface area contributed by atoms with Gasteiger partial charge in [0.2, 0.25) is 0 Å². The van der Waals surface area contributed by atoms with Crippen LogP contribution in [0.5, 0.6) is 0 Å². The summed E-state index contributed by atoms with van der Waals surface area (Å²) < 4.78 is 39.1. The van der Waals surface area contributed by atoms with E-state index in [1.807, 2.05) is 18.2 Å². The molecular weight excluding hydrogens is 826 g/mol. The minimum Gasteiger partial charge on any atom is -0.466 e. The predicted octanol–water partition coefficient (Wildman–Crippen LogP) is 9.98. The molecule has 13 nitrogen and oxygen atoms in total. The molecule has 1 aromatic rings. The number of carbonyl (C=O) groups excluding carboxylic acids is 2. The smallest absolute Gasteiger partial charge is 0.466 e. The van der Waals surface area contributed by atoms with Gasteiger partial charge in [0.25, 0.3) is 0 Å². The average Bonchev–Trinajstić information content (AvgIpc) is 3.68. The molecule has 1 saturated carbocycles. The second-order valence-electron chi connectivity index (χ2n) is 17.5. The molecule has 6 N–H and O–H groups in total. The number of aryl methyl sites for hydroxylation is 2. The standard InChI is InChI=1S/C49H86NO12P/c1-5-7-19-25-40(51)31-32-43-42(44(52)35-45(43)53)26-21-17-18-24-30-49(55)61-41(37-60-63(56,57)59-34-33-50)36-58-48(54)29-23-16-14-12-10-9-11-13-15-22-28-47-39(4)38(3)46(62-47)27-20-8-6-2/h17,21,31-32,40-45,51-53H,5-16,18-20,22-30,33-37,50H2,1-4H3,(H,56,57)/b21-17+,32-31+/t40-,41+,42+,43+,44-,45+/m0/s1. The number of ether oxygens (including phenoxy) is 2. The molecule has 0 saturated heterocycles. The third-order valence-electron chi connectivity index (χ3n) is 12.1. The summed E-state index contributed by atoms with van der Waals surface area (Å²) in [6.07, 6.45) is 26.9. The van der Waals surface area contributed by atoms with Gasteiger partial charge in [0, 0.05) is 44.6 Å². The van der Waals surface area contributed by atoms with E-state index >= 15 is 0 Å². The van der Waals surface area contributed by atoms with Gasteiger partial charge in [-0.3, -0.25) is 18.6 Å². The van der Waals surface area contributed by atoms with Crippen LogP contribution in [-0.4, -0.2) is 82.9 Å². The molecule has 0 radical (unpaired) electrons. The first kappa shape index (κ1) is 56.8. The van der Waals surface area contributed by atoms with Crippen molar-refractivity contribution in [3.63, 3.8) is 0 Å². The lowest BCUT2D eigenvalue weighted by Gasteiger charge is -2.20. The number of rotatable bonds is 38. The van der Waals surface area contributed by atoms with Crippen molar-refractivity contribution in [3.05, 3.63) is 47.0 Å². The maximum absolute atomic E-state index is 12.7. The van der Waals surface area contributed by atoms with E-state index in [-0.39, 0.29) is 50.9 Å². The molecule has 1 heterocycles. The number of furan rings is 1. The van der Waals surface area contributed by atoms with Gasteiger partial charge in [-0.2, -0.15) is 0 Å². The first-order chi connectivity index (χ1) is 30.3. The molecule has 1 aliphatic carbocycles. The van der Waals surface area contributed by atoms with Gasteiger partial charge in [-0.05, 0) is 75.8 Å². The molecule has 1 unspecified atom stereocenters. The van der Waals surface area contributed by atoms with Crippen LogP contribution in [0.3, 0.4) is 0 Å². The van der Waals surface area contributed by atoms with Crippen molar-refractivity contribution in [2.24, 2.45) is 17.6 Å². The number of esters is 2. The van der Waals surface area contributed by atoms with Gasteiger partial charge in [0.15, 0.2) is 6.10 Å². The number of allylic oxidation sites excluding steroid dienone is 2. The van der Waals surface area contributed by atoms with Gasteiger partial charge in [-0.1, -0.05) is 122 Å². The largest absolute Gasteiger partial charge is 0.472 e. The average molecular weight is 912 g/mol. The Morgan fingerprint density at radius 1 is 0.778 bits per heavy atom. The van der Waals surface area contributed by atoms with Crippen LogP contribution in [0.2, 0.25) is 0 Å². The second-order valence-corrected chi connectivity index (χ2v) is 19.0. The molecule has 0 amide bonds. The molecule has 0 bridgehead atoms. The number of phosphoric ester groups is 1. The Bertz CT molecular complexity index is 1480. The van der Waals surface area contributed by atoms with Gasteiger partial charge in [-0.25, -0.2) is 4.57 Å². The second kappa shape index (κ2) is 34.0. The first-order valence-corrected chi connectivity index (χ1v) is 25.9. The molecule has 1 aromatic heterocycles. The van der Waals surface area contributed by atoms with E-state index in [1.54, 1.807) is 6.08 Å². The van der Waals surface area contributed by atoms with Crippen molar-refractivity contribution >= 4 is 19.8 Å². The third-order valence-corrected chi connectivity index (χ3v) is 13.1. The molecule has 0 aliphatic heterocycles. The molecule has 1 fully saturated rings. The van der Waals surface area contributed by atoms with Crippen LogP contribution < -0.4 is 5.73 Å². The van der Waals surface area contributed by atoms with Crippen LogP contribution in [0.1, 0.15) is 184 Å². The Balaban J connectivity index is 1.65. The van der Waals surface area contributed by atoms with Crippen molar-refractivity contribution in [1.29, 1.82) is 0 Å². The molecular formula is C49H86NO12P. The normalized spacial score (nSPS) is 19.8. The van der Waals surface area contributed by atoms with Crippen LogP contribution in [0.25, 0.3) is 0 Å². The molecule has 63 heavy (non-hydrogen) atoms. The monoisotopic (exact) mass is 912 g/mol. The number of unbranched alkanes of at least 4 members (excludes halogenated alkanes) is 14. The fraction of sp³-hybridized carbons (Fsp3) is 0.796. The van der Waals surface area contributed by atoms with Gasteiger partial charge in [0.1, 0.15) is 18.1 Å². The number of phosphoric acid groups is 1. The van der Waals surface area contributed by atoms with Crippen molar-refractivity contribution < 1.29 is 57.3 Å². The Kier molecular flexibility index (Phi) is 30.7. The topological polar surface area (TPSA) is 208 Å². The van der Waals surface area contributed by atoms with Crippen LogP contribution in [0.4, 0.5) is 0 Å². The SMILES string of the molecule is CCCCCc1oc(CCCCCCCCCCCCC(=O)OC[C@H](COP(=O)(O)OCCN)OC(=O)CCC/C=C/C[C@@H]2[C@@H](/C=C/[C@@H](O)CCCCC)[C@H](O)C[C@@H]2O)c(C)c1C. The zero-order chi connectivity index (χ0) is 46.3. The van der Waals surface area contributed by atoms with Crippen molar-refractivity contribution in [2.45, 2.75) is 213 Å². The maximum atomic E-state index is 12.7. The Morgan fingerprint density at radius 3 is 2.00 bits per heavy atom. The fourth-order valence-corrected chi connectivity index (χ4v) is 8.87. The molecule has 0 spiro atoms. The highest BCUT2D eigenvalue weighted by Crippen LogP contribution is 2.43. The van der Waals surface area contributed by atoms with E-state index in [9.17, 15) is 34.4 Å². The van der Waals surface area contributed by atoms with Crippen LogP contribution in [0, 0.1) is 25.7 Å². The number of hydrogen-bond acceptors (Lipinski definition) is 12. The summed E-state index contributed by atoms with van der Waals surface area (Å²) in [6.45, 7) is 7.68. The van der Waals surface area contributed by atoms with Gasteiger partial charge in [0.05, 0.1) is 31.5 Å². The van der Waals surface area contributed by atoms with Crippen molar-refractivity contribution in [3.8, 4) is 0 Å². The Hall–Kier alpha value is -2.35. The zero-order valence-corrected chi connectivity index (χ0v) is 40.3. The zero-order valence-electron chi connectivity index (χ0n) is 39.4. The number of hydrogen-bond donors (Lipinski definition) is 5. The molecule has 2 rings (SSSR count). The summed E-state index contributed by atoms with van der Waals surface area (Å²) >= 11 is 0. The van der Waals surface area contributed by atoms with E-state index in [0.29, 0.717) is 32.1 Å². The summed E-state index contributed by atoms with van der Waals surface area (Å²) in [5.74, 6) is 0.888. The minimum absolute atomic E-state index is 0.00970. The van der Waals surface area contributed by atoms with Crippen LogP contribution in [0.15, 0.2) is 28.7 Å². The lowest BCUT2D eigenvalue weighted by atomic mass is 9.89. The van der Waals surface area contributed by atoms with Crippen LogP contribution in [-0.2, 0) is 45.5 Å². The highest BCUT2D eigenvalue weighted by Gasteiger charge is 2.39. The van der Waals surface area contributed by atoms with Gasteiger partial charge < -0.3 is 39.8 Å². The Labute approximate surface area is 379 Å². The van der Waals surface area contributed by atoms with Gasteiger partial charge >= 0.3 is 19.8 Å². The van der Waals surface area contributed by atoms with E-state index in [0.717, 1.165) is 57.8 Å². The predicted molar refractivity (Wildman–Crippen MR) is 248 cm³/mol. The van der Waals surface area contributed by atoms with E-state index < -0.39 is 50.8 Å². The number of carbonyl (C=O) groups is 2. The minimum atomic E-state index is -4.46. The number of aliphatic hydroxyl groups excluding tert-OH is 3.